The molecule has 630 valence electrons. The van der Waals surface area contributed by atoms with Crippen LogP contribution in [0, 0.1) is 27.7 Å². The van der Waals surface area contributed by atoms with Crippen LogP contribution in [-0.2, 0) is 70.9 Å². The maximum Gasteiger partial charge on any atom is 0.409 e. The van der Waals surface area contributed by atoms with Crippen molar-refractivity contribution in [3.05, 3.63) is 94.7 Å². The zero-order chi connectivity index (χ0) is 73.8. The van der Waals surface area contributed by atoms with Crippen LogP contribution in [0.4, 0.5) is 33.6 Å². The van der Waals surface area contributed by atoms with Crippen molar-refractivity contribution < 1.29 is 62.2 Å². The van der Waals surface area contributed by atoms with Gasteiger partial charge in [-0.2, -0.15) is 20.4 Å². The highest BCUT2D eigenvalue weighted by atomic mass is 16.6. The summed E-state index contributed by atoms with van der Waals surface area (Å²) in [5.74, 6) is -0.606. The van der Waals surface area contributed by atoms with Crippen molar-refractivity contribution in [3.63, 3.8) is 0 Å². The Hall–Kier alpha value is -10.6. The van der Waals surface area contributed by atoms with Crippen molar-refractivity contribution in [2.24, 2.45) is 42.3 Å². The molecule has 2 N–H and O–H groups in total. The maximum atomic E-state index is 10.8. The number of imidazole rings is 1. The van der Waals surface area contributed by atoms with Crippen LogP contribution in [-0.4, -0.2) is 297 Å². The number of carbonyl (C=O) groups is 11. The number of aryl methyl sites for hydroxylation is 10. The van der Waals surface area contributed by atoms with Crippen molar-refractivity contribution in [1.29, 1.82) is 0 Å². The molecule has 0 radical (unpaired) electrons. The predicted octanol–water partition coefficient (Wildman–Crippen LogP) is 9.30. The van der Waals surface area contributed by atoms with E-state index in [4.69, 9.17) is 9.47 Å². The van der Waals surface area contributed by atoms with Gasteiger partial charge in [0, 0.05) is 163 Å². The molecule has 7 aliphatic rings. The van der Waals surface area contributed by atoms with E-state index < -0.39 is 0 Å². The largest absolute Gasteiger partial charge is 0.445 e. The lowest BCUT2D eigenvalue weighted by Gasteiger charge is -2.07. The first-order chi connectivity index (χ1) is 44.5. The summed E-state index contributed by atoms with van der Waals surface area (Å²) >= 11 is 0. The molecule has 12 heterocycles. The highest BCUT2D eigenvalue weighted by molar-refractivity contribution is 6.04. The van der Waals surface area contributed by atoms with E-state index in [1.807, 2.05) is 133 Å². The molecule has 7 fully saturated rings. The number of nitrogens with one attached hydrogen (secondary N) is 2. The van der Waals surface area contributed by atoms with E-state index in [0.29, 0.717) is 0 Å². The summed E-state index contributed by atoms with van der Waals surface area (Å²) in [6, 6.07) is 2.31. The number of nitrogens with zero attached hydrogens (tertiary/aromatic N) is 20. The average molecular weight is 1550 g/mol. The van der Waals surface area contributed by atoms with Crippen molar-refractivity contribution in [1.82, 2.24) is 108 Å². The lowest BCUT2D eigenvalue weighted by atomic mass is 10.3. The van der Waals surface area contributed by atoms with Gasteiger partial charge in [-0.25, -0.2) is 38.4 Å². The van der Waals surface area contributed by atoms with Gasteiger partial charge in [-0.05, 0) is 78.6 Å². The van der Waals surface area contributed by atoms with Crippen LogP contribution in [0.25, 0.3) is 0 Å². The van der Waals surface area contributed by atoms with E-state index in [1.54, 1.807) is 107 Å². The SMILES string of the molecule is C.C.C.C.C.C.C.C.C.C.C.C.CC1CN(C)C(=O)O1.CC1CN(C)C(=O)O1.CC1NC(=O)N(C)C1=O.CC1NC(=O)N(C)C1=O.CN1CC(=O)N(C)C1=O.CN1CC(=O)N(C)C1=O.CN1CCN(C)C1=O.Cc1ccn(C)n1.Cc1ccn(C)n1.Cc1cnn(C)c1.Cc1cnn(C)c1.Cn1ccn(C)c1=O. The van der Waals surface area contributed by atoms with Crippen molar-refractivity contribution in [3.8, 4) is 0 Å². The Bertz CT molecular complexity index is 3010. The van der Waals surface area contributed by atoms with Gasteiger partial charge < -0.3 is 58.6 Å². The Morgan fingerprint density at radius 1 is 0.370 bits per heavy atom. The van der Waals surface area contributed by atoms with Crippen LogP contribution in [0.1, 0.15) is 139 Å². The second kappa shape index (κ2) is 59.5. The van der Waals surface area contributed by atoms with Crippen LogP contribution >= 0.6 is 0 Å². The first kappa shape index (κ1) is 124. The zero-order valence-corrected chi connectivity index (χ0v) is 60.0. The Kier molecular flexibility index (Phi) is 68.4. The standard InChI is InChI=1S/4C5H8N2O2.C5H10N2O.C5H8N2O.4C5H8N2.2C5H9NO2.12CH4/c2*1-6-3-4(8)7(2)5(6)9;2*1-3-4(8)7(2)5(9)6-3;2*1-6-3-4-7(2)5(6)8;2*1-5-3-6-7(2)4-5;2*1-5-3-4-7(2)6-5;2*1-4-3-6(2)5(7)8-4;;;;;;;;;;;;/h2*3H2,1-2H3;2*3H,1-2H3,(H,6,9);3-4H2,1-2H3;3-4H,1-2H3;4*3-4H,1-2H3;2*4H,3H2,1-2H3;12*1H4. The molecule has 0 bridgehead atoms. The second-order valence-electron chi connectivity index (χ2n) is 23.0. The molecule has 0 aromatic carbocycles. The Morgan fingerprint density at radius 2 is 0.657 bits per heavy atom. The lowest BCUT2D eigenvalue weighted by Crippen LogP contribution is -2.27. The molecule has 5 aromatic heterocycles. The average Bonchev–Trinajstić information content (AvgIpc) is 1.71. The van der Waals surface area contributed by atoms with E-state index >= 15 is 0 Å². The smallest absolute Gasteiger partial charge is 0.409 e. The first-order valence-corrected chi connectivity index (χ1v) is 30.0. The molecule has 0 spiro atoms. The number of likely N-dealkylation sites (N-methyl/N-ethyl adjacent to an activating group) is 10. The highest BCUT2D eigenvalue weighted by Crippen LogP contribution is 2.09. The van der Waals surface area contributed by atoms with E-state index in [-0.39, 0.29) is 198 Å². The third-order valence-electron chi connectivity index (χ3n) is 13.6. The fourth-order valence-electron chi connectivity index (χ4n) is 7.97. The number of imide groups is 4. The van der Waals surface area contributed by atoms with Gasteiger partial charge in [0.05, 0.1) is 36.9 Å². The van der Waals surface area contributed by atoms with Gasteiger partial charge in [-0.15, -0.1) is 0 Å². The second-order valence-corrected chi connectivity index (χ2v) is 23.0. The minimum atomic E-state index is -0.345. The van der Waals surface area contributed by atoms with Crippen LogP contribution in [0.3, 0.4) is 0 Å². The predicted molar refractivity (Wildman–Crippen MR) is 434 cm³/mol. The van der Waals surface area contributed by atoms with Crippen LogP contribution in [0.5, 0.6) is 0 Å². The number of hydrogen-bond acceptors (Lipinski definition) is 18. The minimum Gasteiger partial charge on any atom is -0.445 e. The van der Waals surface area contributed by atoms with E-state index in [1.165, 1.54) is 58.3 Å². The number of carbonyl (C=O) groups excluding carboxylic acids is 11. The molecule has 108 heavy (non-hydrogen) atoms. The lowest BCUT2D eigenvalue weighted by molar-refractivity contribution is -0.126. The molecule has 0 saturated carbocycles. The molecule has 7 saturated heterocycles. The molecule has 12 rings (SSSR count). The third kappa shape index (κ3) is 43.8. The van der Waals surface area contributed by atoms with E-state index in [9.17, 15) is 57.5 Å². The number of ether oxygens (including phenoxy) is 2. The van der Waals surface area contributed by atoms with Crippen molar-refractivity contribution in [2.45, 2.75) is 169 Å². The molecule has 0 aliphatic carbocycles. The molecular formula is C72H148N22O14. The molecule has 4 atom stereocenters. The number of hydrogen-bond donors (Lipinski definition) is 2. The van der Waals surface area contributed by atoms with Gasteiger partial charge in [0.15, 0.2) is 0 Å². The summed E-state index contributed by atoms with van der Waals surface area (Å²) in [5.41, 5.74) is 4.58. The van der Waals surface area contributed by atoms with Crippen LogP contribution < -0.4 is 16.3 Å². The van der Waals surface area contributed by atoms with Gasteiger partial charge in [0.1, 0.15) is 37.4 Å². The fraction of sp³-hybridized carbons (Fsp3) is 0.639. The summed E-state index contributed by atoms with van der Waals surface area (Å²) in [5, 5.41) is 20.8. The molecule has 4 unspecified atom stereocenters. The summed E-state index contributed by atoms with van der Waals surface area (Å²) in [6.45, 7) is 18.7. The topological polar surface area (TPSA) is 361 Å². The van der Waals surface area contributed by atoms with Crippen molar-refractivity contribution in [2.75, 3.05) is 110 Å². The number of rotatable bonds is 0. The van der Waals surface area contributed by atoms with Crippen LogP contribution in [0.2, 0.25) is 0 Å². The normalized spacial score (nSPS) is 16.7. The quantitative estimate of drug-likeness (QED) is 0.136. The maximum absolute atomic E-state index is 10.8. The fourth-order valence-corrected chi connectivity index (χ4v) is 7.97. The van der Waals surface area contributed by atoms with Crippen molar-refractivity contribution >= 4 is 66.0 Å². The summed E-state index contributed by atoms with van der Waals surface area (Å²) in [4.78, 5) is 142. The zero-order valence-electron chi connectivity index (χ0n) is 60.0. The molecule has 16 amide bonds. The first-order valence-electron chi connectivity index (χ1n) is 30.0. The van der Waals surface area contributed by atoms with Gasteiger partial charge in [0.25, 0.3) is 11.8 Å². The Labute approximate surface area is 649 Å². The number of cyclic esters (lactones) is 2. The number of aromatic nitrogens is 10. The molecule has 7 aliphatic heterocycles. The van der Waals surface area contributed by atoms with Gasteiger partial charge in [0.2, 0.25) is 11.8 Å². The number of urea groups is 5. The Balaban J connectivity index is -0.0000000922. The highest BCUT2D eigenvalue weighted by Gasteiger charge is 2.33. The molecule has 36 nitrogen and oxygen atoms in total. The Morgan fingerprint density at radius 3 is 0.722 bits per heavy atom. The third-order valence-corrected chi connectivity index (χ3v) is 13.6. The summed E-state index contributed by atoms with van der Waals surface area (Å²) in [6.07, 6.45) is 14.6. The van der Waals surface area contributed by atoms with Crippen LogP contribution in [0.15, 0.2) is 66.5 Å². The van der Waals surface area contributed by atoms with E-state index in [2.05, 4.69) is 31.0 Å². The van der Waals surface area contributed by atoms with Gasteiger partial charge >= 0.3 is 48.0 Å². The van der Waals surface area contributed by atoms with E-state index in [0.717, 1.165) is 57.2 Å². The van der Waals surface area contributed by atoms with Gasteiger partial charge in [-0.3, -0.25) is 57.5 Å². The minimum absolute atomic E-state index is 0. The summed E-state index contributed by atoms with van der Waals surface area (Å²) in [7, 11) is 27.2. The molecule has 36 heteroatoms. The molecule has 5 aromatic rings. The molecular weight excluding hydrogens is 1400 g/mol. The summed E-state index contributed by atoms with van der Waals surface area (Å²) < 4.78 is 19.7. The van der Waals surface area contributed by atoms with Gasteiger partial charge in [-0.1, -0.05) is 89.1 Å². The monoisotopic (exact) mass is 1550 g/mol. The number of amides is 16.